The molecule has 1 fully saturated rings. The lowest BCUT2D eigenvalue weighted by atomic mass is 10.0. The Morgan fingerprint density at radius 2 is 1.97 bits per heavy atom. The number of aryl methyl sites for hydroxylation is 2. The topological polar surface area (TPSA) is 105 Å². The number of hydrogen-bond donors (Lipinski definition) is 3. The van der Waals surface area contributed by atoms with Gasteiger partial charge in [-0.25, -0.2) is 15.0 Å². The van der Waals surface area contributed by atoms with Crippen LogP contribution >= 0.6 is 11.6 Å². The molecular weight excluding hydrogens is 489 g/mol. The highest BCUT2D eigenvalue weighted by Gasteiger charge is 2.14. The van der Waals surface area contributed by atoms with Gasteiger partial charge in [-0.3, -0.25) is 4.99 Å². The van der Waals surface area contributed by atoms with Crippen LogP contribution in [0, 0.1) is 5.95 Å². The summed E-state index contributed by atoms with van der Waals surface area (Å²) in [4.78, 5) is 20.8. The second-order valence-electron chi connectivity index (χ2n) is 9.23. The number of rotatable bonds is 8. The minimum absolute atomic E-state index is 0.303. The van der Waals surface area contributed by atoms with Gasteiger partial charge < -0.3 is 16.0 Å². The molecule has 190 valence electrons. The summed E-state index contributed by atoms with van der Waals surface area (Å²) in [5.74, 6) is -0.457. The van der Waals surface area contributed by atoms with Crippen molar-refractivity contribution >= 4 is 34.4 Å². The van der Waals surface area contributed by atoms with Gasteiger partial charge in [-0.15, -0.1) is 0 Å². The van der Waals surface area contributed by atoms with Gasteiger partial charge in [0.1, 0.15) is 10.8 Å². The van der Waals surface area contributed by atoms with Crippen molar-refractivity contribution in [1.29, 1.82) is 0 Å². The largest absolute Gasteiger partial charge is 0.404 e. The van der Waals surface area contributed by atoms with E-state index in [1.807, 2.05) is 36.7 Å². The van der Waals surface area contributed by atoms with Gasteiger partial charge in [0.05, 0.1) is 6.04 Å². The van der Waals surface area contributed by atoms with Gasteiger partial charge in [-0.1, -0.05) is 23.7 Å². The molecular formula is C28H29ClFN7. The van der Waals surface area contributed by atoms with E-state index in [0.717, 1.165) is 59.2 Å². The predicted octanol–water partition coefficient (Wildman–Crippen LogP) is 4.64. The van der Waals surface area contributed by atoms with E-state index in [0.29, 0.717) is 41.7 Å². The average Bonchev–Trinajstić information content (AvgIpc) is 3.33. The predicted molar refractivity (Wildman–Crippen MR) is 146 cm³/mol. The van der Waals surface area contributed by atoms with Crippen LogP contribution < -0.4 is 11.1 Å². The molecule has 0 aliphatic carbocycles. The van der Waals surface area contributed by atoms with E-state index in [1.165, 1.54) is 0 Å². The zero-order valence-electron chi connectivity index (χ0n) is 20.4. The molecule has 9 heteroatoms. The van der Waals surface area contributed by atoms with Crippen molar-refractivity contribution in [2.75, 3.05) is 13.1 Å². The van der Waals surface area contributed by atoms with E-state index in [9.17, 15) is 4.39 Å². The van der Waals surface area contributed by atoms with E-state index in [2.05, 4.69) is 25.3 Å². The van der Waals surface area contributed by atoms with Crippen molar-refractivity contribution < 1.29 is 4.39 Å². The monoisotopic (exact) mass is 517 g/mol. The number of aromatic nitrogens is 4. The number of fused-ring (bicyclic) bond motifs is 1. The van der Waals surface area contributed by atoms with Crippen molar-refractivity contribution in [1.82, 2.24) is 25.3 Å². The highest BCUT2D eigenvalue weighted by Crippen LogP contribution is 2.24. The molecule has 1 aliphatic heterocycles. The number of nitrogens with one attached hydrogen (secondary N) is 2. The highest BCUT2D eigenvalue weighted by atomic mass is 35.5. The number of H-pyrrole nitrogens is 1. The first-order valence-corrected chi connectivity index (χ1v) is 12.8. The highest BCUT2D eigenvalue weighted by molar-refractivity contribution is 6.29. The Balaban J connectivity index is 1.30. The molecule has 0 radical (unpaired) electrons. The summed E-state index contributed by atoms with van der Waals surface area (Å²) in [7, 11) is 0. The number of nitrogens with two attached hydrogens (primary N) is 1. The first kappa shape index (κ1) is 25.0. The summed E-state index contributed by atoms with van der Waals surface area (Å²) >= 11 is 5.84. The Bertz CT molecular complexity index is 1420. The fourth-order valence-corrected chi connectivity index (χ4v) is 4.63. The van der Waals surface area contributed by atoms with Gasteiger partial charge in [0, 0.05) is 65.2 Å². The van der Waals surface area contributed by atoms with Gasteiger partial charge in [-0.05, 0) is 68.1 Å². The van der Waals surface area contributed by atoms with Crippen LogP contribution in [0.1, 0.15) is 40.8 Å². The third-order valence-electron chi connectivity index (χ3n) is 6.69. The molecule has 4 aromatic rings. The number of allylic oxidation sites excluding steroid dienone is 1. The van der Waals surface area contributed by atoms with Gasteiger partial charge in [0.25, 0.3) is 0 Å². The molecule has 5 rings (SSSR count). The molecule has 7 nitrogen and oxygen atoms in total. The third kappa shape index (κ3) is 6.21. The lowest BCUT2D eigenvalue weighted by molar-refractivity contribution is 0.461. The normalized spacial score (nSPS) is 15.1. The first-order valence-electron chi connectivity index (χ1n) is 12.5. The number of aromatic amines is 1. The van der Waals surface area contributed by atoms with Crippen LogP contribution in [0.2, 0.25) is 5.15 Å². The lowest BCUT2D eigenvalue weighted by Gasteiger charge is -2.18. The molecule has 0 saturated carbocycles. The van der Waals surface area contributed by atoms with Gasteiger partial charge in [0.2, 0.25) is 5.95 Å². The molecule has 4 N–H and O–H groups in total. The van der Waals surface area contributed by atoms with E-state index >= 15 is 0 Å². The standard InChI is InChI=1S/C28H29ClFN7/c29-26-6-2-18(14-34-26)1-4-24-5-3-19(27(30)37-24)11-21-16-36-28-25(21)12-20(15-35-28)22(13-31)17-33-23-7-9-32-10-8-23/h2-3,5-6,12-17,23,32H,1,4,7-11,31H2,(H,35,36)/b22-13+,33-17?. The fraction of sp³-hybridized carbons (Fsp3) is 0.286. The van der Waals surface area contributed by atoms with E-state index in [-0.39, 0.29) is 0 Å². The number of piperidine rings is 1. The molecule has 4 aromatic heterocycles. The summed E-state index contributed by atoms with van der Waals surface area (Å²) in [6.07, 6.45) is 12.6. The minimum Gasteiger partial charge on any atom is -0.404 e. The Morgan fingerprint density at radius 3 is 2.73 bits per heavy atom. The van der Waals surface area contributed by atoms with Gasteiger partial charge >= 0.3 is 0 Å². The summed E-state index contributed by atoms with van der Waals surface area (Å²) in [6, 6.07) is 9.70. The number of pyridine rings is 3. The van der Waals surface area contributed by atoms with Crippen LogP contribution in [0.5, 0.6) is 0 Å². The Kier molecular flexibility index (Phi) is 7.87. The van der Waals surface area contributed by atoms with Crippen molar-refractivity contribution in [2.24, 2.45) is 10.7 Å². The molecule has 0 amide bonds. The molecule has 0 bridgehead atoms. The van der Waals surface area contributed by atoms with Crippen molar-refractivity contribution in [3.63, 3.8) is 0 Å². The van der Waals surface area contributed by atoms with Crippen LogP contribution in [0.25, 0.3) is 16.6 Å². The minimum atomic E-state index is -0.457. The van der Waals surface area contributed by atoms with Crippen LogP contribution in [0.15, 0.2) is 60.1 Å². The molecule has 1 saturated heterocycles. The maximum atomic E-state index is 14.9. The number of aliphatic imine (C=N–C) groups is 1. The zero-order chi connectivity index (χ0) is 25.6. The van der Waals surface area contributed by atoms with Crippen LogP contribution in [0.4, 0.5) is 4.39 Å². The number of hydrogen-bond acceptors (Lipinski definition) is 6. The average molecular weight is 518 g/mol. The summed E-state index contributed by atoms with van der Waals surface area (Å²) in [5.41, 5.74) is 11.6. The van der Waals surface area contributed by atoms with Crippen LogP contribution in [-0.4, -0.2) is 45.3 Å². The lowest BCUT2D eigenvalue weighted by Crippen LogP contribution is -2.29. The van der Waals surface area contributed by atoms with Crippen LogP contribution in [-0.2, 0) is 19.3 Å². The molecule has 0 aromatic carbocycles. The number of nitrogens with zero attached hydrogens (tertiary/aromatic N) is 4. The van der Waals surface area contributed by atoms with Crippen molar-refractivity contribution in [3.05, 3.63) is 94.2 Å². The molecule has 1 aliphatic rings. The van der Waals surface area contributed by atoms with Gasteiger partial charge in [0.15, 0.2) is 0 Å². The molecule has 0 unspecified atom stereocenters. The fourth-order valence-electron chi connectivity index (χ4n) is 4.52. The summed E-state index contributed by atoms with van der Waals surface area (Å²) < 4.78 is 14.9. The van der Waals surface area contributed by atoms with Crippen LogP contribution in [0.3, 0.4) is 0 Å². The molecule has 0 atom stereocenters. The summed E-state index contributed by atoms with van der Waals surface area (Å²) in [6.45, 7) is 1.96. The summed E-state index contributed by atoms with van der Waals surface area (Å²) in [5, 5.41) is 4.73. The Hall–Kier alpha value is -3.62. The Labute approximate surface area is 220 Å². The maximum Gasteiger partial charge on any atom is 0.216 e. The van der Waals surface area contributed by atoms with E-state index < -0.39 is 5.95 Å². The zero-order valence-corrected chi connectivity index (χ0v) is 21.2. The molecule has 5 heterocycles. The first-order chi connectivity index (χ1) is 18.1. The van der Waals surface area contributed by atoms with Crippen molar-refractivity contribution in [2.45, 2.75) is 38.1 Å². The smallest absolute Gasteiger partial charge is 0.216 e. The second-order valence-corrected chi connectivity index (χ2v) is 9.62. The third-order valence-corrected chi connectivity index (χ3v) is 6.91. The molecule has 37 heavy (non-hydrogen) atoms. The second kappa shape index (κ2) is 11.6. The Morgan fingerprint density at radius 1 is 1.11 bits per heavy atom. The SMILES string of the molecule is N/C=C(\C=NC1CCNCC1)c1cnc2[nH]cc(Cc3ccc(CCc4ccc(Cl)nc4)nc3F)c2c1. The van der Waals surface area contributed by atoms with Crippen molar-refractivity contribution in [3.8, 4) is 0 Å². The van der Waals surface area contributed by atoms with Gasteiger partial charge in [-0.2, -0.15) is 4.39 Å². The number of halogens is 2. The molecule has 0 spiro atoms. The van der Waals surface area contributed by atoms with E-state index in [1.54, 1.807) is 24.7 Å². The quantitative estimate of drug-likeness (QED) is 0.233. The maximum absolute atomic E-state index is 14.9. The van der Waals surface area contributed by atoms with E-state index in [4.69, 9.17) is 22.3 Å².